The van der Waals surface area contributed by atoms with E-state index in [-0.39, 0.29) is 0 Å². The molecule has 0 bridgehead atoms. The number of carbonyl (C=O) groups is 1. The molecule has 0 aliphatic heterocycles. The van der Waals surface area contributed by atoms with Crippen molar-refractivity contribution in [1.82, 2.24) is 9.55 Å². The minimum absolute atomic E-state index is 0.399. The molecule has 0 aliphatic rings. The molecule has 26 heavy (non-hydrogen) atoms. The number of nitrogens with zero attached hydrogens (tertiary/aromatic N) is 2. The Morgan fingerprint density at radius 2 is 1.73 bits per heavy atom. The van der Waals surface area contributed by atoms with Crippen molar-refractivity contribution in [2.24, 2.45) is 0 Å². The molecule has 4 nitrogen and oxygen atoms in total. The molecular weight excluding hydrogens is 324 g/mol. The zero-order chi connectivity index (χ0) is 18.3. The van der Waals surface area contributed by atoms with E-state index in [1.54, 1.807) is 17.0 Å². The molecule has 0 spiro atoms. The number of aromatic nitrogens is 2. The molecule has 0 amide bonds. The lowest BCUT2D eigenvalue weighted by molar-refractivity contribution is 0.0547. The summed E-state index contributed by atoms with van der Waals surface area (Å²) in [5.41, 5.74) is 1.93. The fourth-order valence-electron chi connectivity index (χ4n) is 3.11. The van der Waals surface area contributed by atoms with Crippen LogP contribution < -0.4 is 0 Å². The van der Waals surface area contributed by atoms with Crippen molar-refractivity contribution in [2.75, 3.05) is 0 Å². The third-order valence-corrected chi connectivity index (χ3v) is 4.23. The van der Waals surface area contributed by atoms with Crippen molar-refractivity contribution >= 4 is 27.8 Å². The molecule has 4 heteroatoms. The number of benzene rings is 2. The Morgan fingerprint density at radius 1 is 0.962 bits per heavy atom. The first-order valence-electron chi connectivity index (χ1n) is 8.60. The molecule has 0 saturated heterocycles. The van der Waals surface area contributed by atoms with Crippen LogP contribution >= 0.6 is 0 Å². The van der Waals surface area contributed by atoms with Crippen LogP contribution in [0.15, 0.2) is 67.0 Å². The van der Waals surface area contributed by atoms with E-state index < -0.39 is 11.7 Å². The molecule has 4 aromatic rings. The van der Waals surface area contributed by atoms with E-state index in [9.17, 15) is 4.79 Å². The molecule has 0 unspecified atom stereocenters. The molecule has 0 atom stereocenters. The highest BCUT2D eigenvalue weighted by Gasteiger charge is 2.23. The van der Waals surface area contributed by atoms with Gasteiger partial charge in [-0.15, -0.1) is 0 Å². The lowest BCUT2D eigenvalue weighted by atomic mass is 10.1. The summed E-state index contributed by atoms with van der Waals surface area (Å²) in [7, 11) is 0. The quantitative estimate of drug-likeness (QED) is 0.449. The van der Waals surface area contributed by atoms with Crippen LogP contribution in [0.5, 0.6) is 0 Å². The lowest BCUT2D eigenvalue weighted by Gasteiger charge is -2.21. The molecule has 2 aromatic carbocycles. The van der Waals surface area contributed by atoms with Gasteiger partial charge in [0.15, 0.2) is 0 Å². The van der Waals surface area contributed by atoms with Crippen molar-refractivity contribution < 1.29 is 9.53 Å². The maximum Gasteiger partial charge on any atom is 0.419 e. The van der Waals surface area contributed by atoms with Crippen LogP contribution in [0.1, 0.15) is 20.8 Å². The first-order valence-corrected chi connectivity index (χ1v) is 8.60. The van der Waals surface area contributed by atoms with Gasteiger partial charge in [-0.05, 0) is 55.3 Å². The zero-order valence-corrected chi connectivity index (χ0v) is 15.1. The smallest absolute Gasteiger partial charge is 0.419 e. The Hall–Kier alpha value is -3.14. The maximum absolute atomic E-state index is 12.9. The van der Waals surface area contributed by atoms with Gasteiger partial charge < -0.3 is 4.74 Å². The standard InChI is InChI=1S/C22H20N2O2/c1-22(2,3)26-21(25)24-19(13-18-10-11-23-14-20(18)24)17-9-8-15-6-4-5-7-16(15)12-17/h4-14H,1-3H3. The van der Waals surface area contributed by atoms with Gasteiger partial charge in [-0.25, -0.2) is 9.36 Å². The fourth-order valence-corrected chi connectivity index (χ4v) is 3.11. The van der Waals surface area contributed by atoms with E-state index in [2.05, 4.69) is 29.2 Å². The molecule has 0 N–H and O–H groups in total. The van der Waals surface area contributed by atoms with Crippen LogP contribution in [0.25, 0.3) is 32.9 Å². The number of pyridine rings is 1. The second-order valence-corrected chi connectivity index (χ2v) is 7.34. The Labute approximate surface area is 152 Å². The van der Waals surface area contributed by atoms with Crippen molar-refractivity contribution in [3.63, 3.8) is 0 Å². The summed E-state index contributed by atoms with van der Waals surface area (Å²) in [5.74, 6) is 0. The Bertz CT molecular complexity index is 1120. The topological polar surface area (TPSA) is 44.1 Å². The summed E-state index contributed by atoms with van der Waals surface area (Å²) in [6.07, 6.45) is 3.03. The van der Waals surface area contributed by atoms with Gasteiger partial charge in [-0.1, -0.05) is 36.4 Å². The van der Waals surface area contributed by atoms with E-state index >= 15 is 0 Å². The highest BCUT2D eigenvalue weighted by atomic mass is 16.6. The molecule has 0 radical (unpaired) electrons. The average Bonchev–Trinajstić information content (AvgIpc) is 2.99. The number of hydrogen-bond donors (Lipinski definition) is 0. The molecule has 0 fully saturated rings. The van der Waals surface area contributed by atoms with Gasteiger partial charge in [0.2, 0.25) is 0 Å². The normalized spacial score (nSPS) is 11.8. The predicted octanol–water partition coefficient (Wildman–Crippen LogP) is 5.64. The van der Waals surface area contributed by atoms with Crippen LogP contribution in [0.3, 0.4) is 0 Å². The van der Waals surface area contributed by atoms with Crippen LogP contribution in [-0.4, -0.2) is 21.2 Å². The van der Waals surface area contributed by atoms with Crippen molar-refractivity contribution in [1.29, 1.82) is 0 Å². The number of hydrogen-bond acceptors (Lipinski definition) is 3. The van der Waals surface area contributed by atoms with E-state index in [0.717, 1.165) is 32.9 Å². The molecule has 130 valence electrons. The highest BCUT2D eigenvalue weighted by molar-refractivity contribution is 5.97. The van der Waals surface area contributed by atoms with Crippen LogP contribution in [0, 0.1) is 0 Å². The summed E-state index contributed by atoms with van der Waals surface area (Å²) in [5, 5.41) is 3.25. The van der Waals surface area contributed by atoms with Gasteiger partial charge in [0.25, 0.3) is 0 Å². The summed E-state index contributed by atoms with van der Waals surface area (Å²) >= 11 is 0. The Morgan fingerprint density at radius 3 is 2.50 bits per heavy atom. The minimum Gasteiger partial charge on any atom is -0.443 e. The van der Waals surface area contributed by atoms with Gasteiger partial charge >= 0.3 is 6.09 Å². The number of fused-ring (bicyclic) bond motifs is 2. The van der Waals surface area contributed by atoms with Gasteiger partial charge in [0.05, 0.1) is 17.4 Å². The Kier molecular flexibility index (Phi) is 3.76. The SMILES string of the molecule is CC(C)(C)OC(=O)n1c(-c2ccc3ccccc3c2)cc2ccncc21. The predicted molar refractivity (Wildman–Crippen MR) is 104 cm³/mol. The van der Waals surface area contributed by atoms with Gasteiger partial charge in [-0.3, -0.25) is 4.98 Å². The summed E-state index contributed by atoms with van der Waals surface area (Å²) in [6, 6.07) is 18.3. The van der Waals surface area contributed by atoms with Crippen LogP contribution in [-0.2, 0) is 4.74 Å². The second kappa shape index (κ2) is 5.99. The summed E-state index contributed by atoms with van der Waals surface area (Å²) in [4.78, 5) is 17.1. The van der Waals surface area contributed by atoms with Crippen LogP contribution in [0.4, 0.5) is 4.79 Å². The minimum atomic E-state index is -0.573. The molecule has 0 saturated carbocycles. The second-order valence-electron chi connectivity index (χ2n) is 7.34. The first kappa shape index (κ1) is 16.3. The fraction of sp³-hybridized carbons (Fsp3) is 0.182. The summed E-state index contributed by atoms with van der Waals surface area (Å²) < 4.78 is 7.24. The van der Waals surface area contributed by atoms with Crippen molar-refractivity contribution in [3.05, 3.63) is 67.0 Å². The van der Waals surface area contributed by atoms with Crippen LogP contribution in [0.2, 0.25) is 0 Å². The van der Waals surface area contributed by atoms with Crippen molar-refractivity contribution in [2.45, 2.75) is 26.4 Å². The maximum atomic E-state index is 12.9. The third-order valence-electron chi connectivity index (χ3n) is 4.23. The highest BCUT2D eigenvalue weighted by Crippen LogP contribution is 2.31. The number of ether oxygens (including phenoxy) is 1. The van der Waals surface area contributed by atoms with E-state index in [1.165, 1.54) is 0 Å². The average molecular weight is 344 g/mol. The molecular formula is C22H20N2O2. The first-order chi connectivity index (χ1) is 12.4. The molecule has 2 heterocycles. The number of carbonyl (C=O) groups excluding carboxylic acids is 1. The molecule has 4 rings (SSSR count). The van der Waals surface area contributed by atoms with E-state index in [1.807, 2.05) is 51.1 Å². The van der Waals surface area contributed by atoms with E-state index in [0.29, 0.717) is 0 Å². The Balaban J connectivity index is 1.93. The lowest BCUT2D eigenvalue weighted by Crippen LogP contribution is -2.27. The zero-order valence-electron chi connectivity index (χ0n) is 15.1. The summed E-state index contributed by atoms with van der Waals surface area (Å²) in [6.45, 7) is 5.60. The van der Waals surface area contributed by atoms with Gasteiger partial charge in [0.1, 0.15) is 5.60 Å². The third kappa shape index (κ3) is 2.94. The van der Waals surface area contributed by atoms with Crippen molar-refractivity contribution in [3.8, 4) is 11.3 Å². The van der Waals surface area contributed by atoms with Gasteiger partial charge in [-0.2, -0.15) is 0 Å². The van der Waals surface area contributed by atoms with Gasteiger partial charge in [0, 0.05) is 11.6 Å². The largest absolute Gasteiger partial charge is 0.443 e. The number of rotatable bonds is 1. The molecule has 0 aliphatic carbocycles. The van der Waals surface area contributed by atoms with E-state index in [4.69, 9.17) is 4.74 Å². The molecule has 2 aromatic heterocycles. The monoisotopic (exact) mass is 344 g/mol.